The second-order valence-electron chi connectivity index (χ2n) is 9.07. The molecule has 0 saturated carbocycles. The van der Waals surface area contributed by atoms with E-state index in [9.17, 15) is 14.4 Å². The Labute approximate surface area is 215 Å². The molecule has 2 aromatic rings. The van der Waals surface area contributed by atoms with E-state index >= 15 is 0 Å². The predicted molar refractivity (Wildman–Crippen MR) is 135 cm³/mol. The van der Waals surface area contributed by atoms with Gasteiger partial charge in [0.15, 0.2) is 11.5 Å². The Hall–Kier alpha value is -3.88. The molecule has 4 rings (SSSR count). The number of rotatable bonds is 10. The van der Waals surface area contributed by atoms with Crippen LogP contribution in [0.1, 0.15) is 55.3 Å². The molecule has 0 spiro atoms. The SMILES string of the molecule is CCOC(=O)CCC(=O)Oc1ccc2c(c1OC(=O)CCCN=[N+]=[N-])-c1cccc3c1[C@@H](C2)N(C)CC3. The van der Waals surface area contributed by atoms with Gasteiger partial charge in [-0.3, -0.25) is 19.3 Å². The summed E-state index contributed by atoms with van der Waals surface area (Å²) >= 11 is 0. The summed E-state index contributed by atoms with van der Waals surface area (Å²) in [6, 6.07) is 9.88. The normalized spacial score (nSPS) is 15.6. The topological polar surface area (TPSA) is 131 Å². The molecule has 10 nitrogen and oxygen atoms in total. The van der Waals surface area contributed by atoms with E-state index in [4.69, 9.17) is 19.7 Å². The van der Waals surface area contributed by atoms with E-state index in [0.29, 0.717) is 6.42 Å². The third kappa shape index (κ3) is 5.93. The van der Waals surface area contributed by atoms with Crippen molar-refractivity contribution in [3.8, 4) is 22.6 Å². The van der Waals surface area contributed by atoms with E-state index in [1.54, 1.807) is 13.0 Å². The van der Waals surface area contributed by atoms with Gasteiger partial charge < -0.3 is 14.2 Å². The van der Waals surface area contributed by atoms with Gasteiger partial charge in [-0.25, -0.2) is 0 Å². The Morgan fingerprint density at radius 3 is 2.62 bits per heavy atom. The molecule has 194 valence electrons. The number of carbonyl (C=O) groups is 3. The standard InChI is InChI=1S/C27H30N4O6/c1-3-35-22(32)11-12-24(34)36-21-10-9-18-16-20-25-17(13-15-31(20)2)6-4-7-19(25)26(18)27(21)37-23(33)8-5-14-29-30-28/h4,6-7,9-10,20H,3,5,8,11-16H2,1-2H3/t20-/m1/s1. The van der Waals surface area contributed by atoms with Gasteiger partial charge in [0.25, 0.3) is 0 Å². The van der Waals surface area contributed by atoms with Crippen LogP contribution in [0.5, 0.6) is 11.5 Å². The zero-order chi connectivity index (χ0) is 26.4. The minimum absolute atomic E-state index is 0.0389. The van der Waals surface area contributed by atoms with Crippen molar-refractivity contribution in [1.29, 1.82) is 0 Å². The lowest BCUT2D eigenvalue weighted by Crippen LogP contribution is -2.35. The molecule has 1 aliphatic heterocycles. The molecule has 0 saturated heterocycles. The van der Waals surface area contributed by atoms with Gasteiger partial charge in [0.05, 0.1) is 19.4 Å². The van der Waals surface area contributed by atoms with Gasteiger partial charge in [0.2, 0.25) is 0 Å². The van der Waals surface area contributed by atoms with Crippen LogP contribution in [0.3, 0.4) is 0 Å². The zero-order valence-electron chi connectivity index (χ0n) is 21.1. The van der Waals surface area contributed by atoms with Crippen LogP contribution in [0.25, 0.3) is 21.6 Å². The minimum atomic E-state index is -0.628. The molecule has 1 atom stereocenters. The number of ether oxygens (including phenoxy) is 3. The summed E-state index contributed by atoms with van der Waals surface area (Å²) in [7, 11) is 2.11. The molecular weight excluding hydrogens is 476 g/mol. The first kappa shape index (κ1) is 26.2. The molecule has 0 bridgehead atoms. The molecule has 0 N–H and O–H groups in total. The molecule has 0 unspecified atom stereocenters. The Balaban J connectivity index is 1.69. The zero-order valence-corrected chi connectivity index (χ0v) is 21.1. The van der Waals surface area contributed by atoms with Crippen molar-refractivity contribution >= 4 is 17.9 Å². The first-order valence-electron chi connectivity index (χ1n) is 12.5. The fraction of sp³-hybridized carbons (Fsp3) is 0.444. The Kier molecular flexibility index (Phi) is 8.43. The quantitative estimate of drug-likeness (QED) is 0.114. The lowest BCUT2D eigenvalue weighted by molar-refractivity contribution is -0.146. The molecule has 1 heterocycles. The van der Waals surface area contributed by atoms with Crippen LogP contribution in [0.15, 0.2) is 35.4 Å². The van der Waals surface area contributed by atoms with Gasteiger partial charge in [-0.1, -0.05) is 29.4 Å². The summed E-state index contributed by atoms with van der Waals surface area (Å²) < 4.78 is 16.3. The molecule has 37 heavy (non-hydrogen) atoms. The average Bonchev–Trinajstić information content (AvgIpc) is 2.89. The highest BCUT2D eigenvalue weighted by molar-refractivity contribution is 5.87. The van der Waals surface area contributed by atoms with Crippen LogP contribution in [0, 0.1) is 0 Å². The maximum Gasteiger partial charge on any atom is 0.311 e. The lowest BCUT2D eigenvalue weighted by atomic mass is 9.77. The van der Waals surface area contributed by atoms with Gasteiger partial charge >= 0.3 is 17.9 Å². The number of nitrogens with zero attached hydrogens (tertiary/aromatic N) is 4. The molecule has 0 amide bonds. The molecule has 2 aromatic carbocycles. The monoisotopic (exact) mass is 506 g/mol. The highest BCUT2D eigenvalue weighted by atomic mass is 16.6. The van der Waals surface area contributed by atoms with Gasteiger partial charge in [-0.15, -0.1) is 0 Å². The highest BCUT2D eigenvalue weighted by Gasteiger charge is 2.35. The van der Waals surface area contributed by atoms with E-state index < -0.39 is 17.9 Å². The summed E-state index contributed by atoms with van der Waals surface area (Å²) in [4.78, 5) is 42.1. The van der Waals surface area contributed by atoms with Crippen molar-refractivity contribution in [1.82, 2.24) is 4.90 Å². The van der Waals surface area contributed by atoms with Crippen molar-refractivity contribution in [3.05, 3.63) is 57.5 Å². The minimum Gasteiger partial charge on any atom is -0.466 e. The summed E-state index contributed by atoms with van der Waals surface area (Å²) in [5, 5.41) is 3.46. The van der Waals surface area contributed by atoms with E-state index in [-0.39, 0.29) is 50.0 Å². The van der Waals surface area contributed by atoms with Gasteiger partial charge in [-0.2, -0.15) is 0 Å². The van der Waals surface area contributed by atoms with Crippen molar-refractivity contribution < 1.29 is 28.6 Å². The van der Waals surface area contributed by atoms with Gasteiger partial charge in [0.1, 0.15) is 0 Å². The second kappa shape index (κ2) is 11.9. The number of azide groups is 1. The van der Waals surface area contributed by atoms with Crippen molar-refractivity contribution in [2.24, 2.45) is 5.11 Å². The Morgan fingerprint density at radius 1 is 1.05 bits per heavy atom. The van der Waals surface area contributed by atoms with Crippen LogP contribution in [0.2, 0.25) is 0 Å². The number of fused-ring (bicyclic) bond motifs is 2. The third-order valence-electron chi connectivity index (χ3n) is 6.67. The fourth-order valence-electron chi connectivity index (χ4n) is 4.95. The first-order chi connectivity index (χ1) is 17.9. The summed E-state index contributed by atoms with van der Waals surface area (Å²) in [6.45, 7) is 3.06. The molecule has 0 aromatic heterocycles. The van der Waals surface area contributed by atoms with Crippen molar-refractivity contribution in [2.45, 2.75) is 51.5 Å². The van der Waals surface area contributed by atoms with Crippen LogP contribution >= 0.6 is 0 Å². The van der Waals surface area contributed by atoms with E-state index in [1.165, 1.54) is 11.1 Å². The second-order valence-corrected chi connectivity index (χ2v) is 9.07. The molecule has 10 heteroatoms. The number of carbonyl (C=O) groups excluding carboxylic acids is 3. The number of likely N-dealkylation sites (N-methyl/N-ethyl adjacent to an activating group) is 1. The van der Waals surface area contributed by atoms with E-state index in [1.807, 2.05) is 18.2 Å². The maximum absolute atomic E-state index is 12.8. The Morgan fingerprint density at radius 2 is 1.84 bits per heavy atom. The largest absolute Gasteiger partial charge is 0.466 e. The van der Waals surface area contributed by atoms with Gasteiger partial charge in [-0.05, 0) is 67.1 Å². The average molecular weight is 507 g/mol. The number of hydrogen-bond donors (Lipinski definition) is 0. The highest BCUT2D eigenvalue weighted by Crippen LogP contribution is 2.51. The smallest absolute Gasteiger partial charge is 0.311 e. The summed E-state index contributed by atoms with van der Waals surface area (Å²) in [5.41, 5.74) is 13.6. The van der Waals surface area contributed by atoms with Crippen LogP contribution in [0.4, 0.5) is 0 Å². The van der Waals surface area contributed by atoms with E-state index in [0.717, 1.165) is 36.1 Å². The molecule has 0 fully saturated rings. The summed E-state index contributed by atoms with van der Waals surface area (Å²) in [6.07, 6.45) is 1.75. The molecule has 2 aliphatic rings. The predicted octanol–water partition coefficient (Wildman–Crippen LogP) is 4.68. The number of hydrogen-bond acceptors (Lipinski definition) is 8. The van der Waals surface area contributed by atoms with Crippen LogP contribution in [-0.2, 0) is 32.0 Å². The Bertz CT molecular complexity index is 1250. The van der Waals surface area contributed by atoms with Crippen molar-refractivity contribution in [3.63, 3.8) is 0 Å². The fourth-order valence-corrected chi connectivity index (χ4v) is 4.95. The van der Waals surface area contributed by atoms with Crippen LogP contribution < -0.4 is 9.47 Å². The third-order valence-corrected chi connectivity index (χ3v) is 6.67. The van der Waals surface area contributed by atoms with Crippen LogP contribution in [-0.4, -0.2) is 49.6 Å². The molecule has 0 radical (unpaired) electrons. The van der Waals surface area contributed by atoms with E-state index in [2.05, 4.69) is 28.0 Å². The molecular formula is C27H30N4O6. The van der Waals surface area contributed by atoms with Crippen molar-refractivity contribution in [2.75, 3.05) is 26.7 Å². The number of benzene rings is 2. The maximum atomic E-state index is 12.8. The summed E-state index contributed by atoms with van der Waals surface area (Å²) in [5.74, 6) is -1.32. The number of esters is 3. The lowest BCUT2D eigenvalue weighted by Gasteiger charge is -2.40. The molecule has 1 aliphatic carbocycles. The van der Waals surface area contributed by atoms with Gasteiger partial charge in [0, 0.05) is 36.0 Å². The first-order valence-corrected chi connectivity index (χ1v) is 12.5.